The molecule has 0 fully saturated rings. The number of halogens is 1. The van der Waals surface area contributed by atoms with Gasteiger partial charge >= 0.3 is 12.1 Å². The van der Waals surface area contributed by atoms with E-state index in [1.54, 1.807) is 0 Å². The molecule has 2 amide bonds. The van der Waals surface area contributed by atoms with Crippen molar-refractivity contribution < 1.29 is 28.6 Å². The lowest BCUT2D eigenvalue weighted by molar-refractivity contribution is -0.116. The predicted octanol–water partition coefficient (Wildman–Crippen LogP) is 5.17. The fourth-order valence-electron chi connectivity index (χ4n) is 4.28. The molecule has 35 heavy (non-hydrogen) atoms. The highest BCUT2D eigenvalue weighted by Crippen LogP contribution is 2.44. The fourth-order valence-corrected chi connectivity index (χ4v) is 4.28. The molecule has 3 aromatic rings. The largest absolute Gasteiger partial charge is 0.478 e. The number of alkyl carbamates (subject to hydrolysis) is 1. The summed E-state index contributed by atoms with van der Waals surface area (Å²) in [6.45, 7) is 1.97. The van der Waals surface area contributed by atoms with Gasteiger partial charge in [-0.25, -0.2) is 14.0 Å². The van der Waals surface area contributed by atoms with Crippen LogP contribution in [-0.4, -0.2) is 35.7 Å². The van der Waals surface area contributed by atoms with Gasteiger partial charge in [0.1, 0.15) is 12.4 Å². The summed E-state index contributed by atoms with van der Waals surface area (Å²) in [7, 11) is 0. The number of benzene rings is 3. The normalized spacial score (nSPS) is 12.9. The second-order valence-corrected chi connectivity index (χ2v) is 8.33. The average molecular weight is 477 g/mol. The van der Waals surface area contributed by atoms with Crippen molar-refractivity contribution in [3.63, 3.8) is 0 Å². The van der Waals surface area contributed by atoms with Gasteiger partial charge in [-0.3, -0.25) is 4.79 Å². The highest BCUT2D eigenvalue weighted by molar-refractivity contribution is 5.93. The minimum Gasteiger partial charge on any atom is -0.478 e. The zero-order valence-electron chi connectivity index (χ0n) is 19.1. The summed E-state index contributed by atoms with van der Waals surface area (Å²) in [4.78, 5) is 35.8. The smallest absolute Gasteiger partial charge is 0.407 e. The maximum atomic E-state index is 14.1. The van der Waals surface area contributed by atoms with E-state index < -0.39 is 29.8 Å². The molecular weight excluding hydrogens is 451 g/mol. The number of hydrogen-bond donors (Lipinski definition) is 3. The molecule has 0 spiro atoms. The van der Waals surface area contributed by atoms with Gasteiger partial charge < -0.3 is 20.5 Å². The van der Waals surface area contributed by atoms with E-state index in [1.807, 2.05) is 43.3 Å². The summed E-state index contributed by atoms with van der Waals surface area (Å²) >= 11 is 0. The molecule has 0 radical (unpaired) electrons. The second-order valence-electron chi connectivity index (χ2n) is 8.33. The zero-order chi connectivity index (χ0) is 24.9. The number of fused-ring (bicyclic) bond motifs is 3. The summed E-state index contributed by atoms with van der Waals surface area (Å²) in [6.07, 6.45) is -0.276. The van der Waals surface area contributed by atoms with Crippen molar-refractivity contribution in [3.05, 3.63) is 89.2 Å². The summed E-state index contributed by atoms with van der Waals surface area (Å²) in [5.41, 5.74) is 4.11. The molecule has 0 saturated heterocycles. The predicted molar refractivity (Wildman–Crippen MR) is 129 cm³/mol. The first-order valence-corrected chi connectivity index (χ1v) is 11.3. The Morgan fingerprint density at radius 3 is 2.20 bits per heavy atom. The molecule has 0 heterocycles. The lowest BCUT2D eigenvalue weighted by atomic mass is 9.98. The molecule has 0 aromatic heterocycles. The minimum atomic E-state index is -1.26. The Kier molecular flexibility index (Phi) is 7.10. The molecule has 0 saturated carbocycles. The maximum absolute atomic E-state index is 14.1. The third-order valence-electron chi connectivity index (χ3n) is 6.08. The van der Waals surface area contributed by atoms with E-state index >= 15 is 0 Å². The molecular formula is C27H25FN2O5. The minimum absolute atomic E-state index is 0.0757. The van der Waals surface area contributed by atoms with Crippen LogP contribution in [-0.2, 0) is 9.53 Å². The molecule has 180 valence electrons. The van der Waals surface area contributed by atoms with Crippen LogP contribution in [0.25, 0.3) is 11.1 Å². The van der Waals surface area contributed by atoms with Crippen molar-refractivity contribution in [3.8, 4) is 11.1 Å². The lowest BCUT2D eigenvalue weighted by Crippen LogP contribution is -2.38. The number of hydrogen-bond acceptors (Lipinski definition) is 4. The van der Waals surface area contributed by atoms with E-state index in [9.17, 15) is 18.8 Å². The molecule has 4 rings (SSSR count). The van der Waals surface area contributed by atoms with Crippen molar-refractivity contribution in [1.29, 1.82) is 0 Å². The number of ether oxygens (including phenoxy) is 1. The van der Waals surface area contributed by atoms with Crippen LogP contribution < -0.4 is 10.6 Å². The van der Waals surface area contributed by atoms with E-state index in [0.717, 1.165) is 28.3 Å². The molecule has 3 N–H and O–H groups in total. The van der Waals surface area contributed by atoms with E-state index in [0.29, 0.717) is 6.42 Å². The Balaban J connectivity index is 1.33. The molecule has 1 aliphatic rings. The lowest BCUT2D eigenvalue weighted by Gasteiger charge is -2.19. The van der Waals surface area contributed by atoms with Gasteiger partial charge in [0.25, 0.3) is 0 Å². The van der Waals surface area contributed by atoms with E-state index in [4.69, 9.17) is 9.84 Å². The molecule has 1 atom stereocenters. The summed E-state index contributed by atoms with van der Waals surface area (Å²) < 4.78 is 19.6. The zero-order valence-corrected chi connectivity index (χ0v) is 19.1. The molecule has 0 aliphatic heterocycles. The van der Waals surface area contributed by atoms with Crippen molar-refractivity contribution >= 4 is 23.7 Å². The van der Waals surface area contributed by atoms with Gasteiger partial charge in [-0.15, -0.1) is 0 Å². The Hall–Kier alpha value is -4.20. The number of carboxylic acids is 1. The van der Waals surface area contributed by atoms with Crippen molar-refractivity contribution in [2.45, 2.75) is 31.7 Å². The molecule has 0 unspecified atom stereocenters. The van der Waals surface area contributed by atoms with E-state index in [2.05, 4.69) is 22.8 Å². The average Bonchev–Trinajstić information content (AvgIpc) is 3.17. The number of carbonyl (C=O) groups is 3. The quantitative estimate of drug-likeness (QED) is 0.416. The first kappa shape index (κ1) is 23.9. The van der Waals surface area contributed by atoms with Gasteiger partial charge in [-0.05, 0) is 46.9 Å². The number of carbonyl (C=O) groups excluding carboxylic acids is 2. The Morgan fingerprint density at radius 2 is 1.63 bits per heavy atom. The van der Waals surface area contributed by atoms with Gasteiger partial charge in [0.05, 0.1) is 11.3 Å². The number of amides is 2. The molecule has 0 bridgehead atoms. The van der Waals surface area contributed by atoms with Gasteiger partial charge in [-0.2, -0.15) is 0 Å². The van der Waals surface area contributed by atoms with Crippen LogP contribution in [0.5, 0.6) is 0 Å². The first-order chi connectivity index (χ1) is 16.9. The number of anilines is 1. The SMILES string of the molecule is CC[C@@H](CC(=O)Nc1ccc(C(=O)O)cc1F)NC(=O)OCC1c2ccccc2-c2ccccc21. The van der Waals surface area contributed by atoms with E-state index in [-0.39, 0.29) is 30.2 Å². The monoisotopic (exact) mass is 476 g/mol. The summed E-state index contributed by atoms with van der Waals surface area (Å²) in [6, 6.07) is 18.8. The van der Waals surface area contributed by atoms with Crippen LogP contribution in [0.15, 0.2) is 66.7 Å². The maximum Gasteiger partial charge on any atom is 0.407 e. The van der Waals surface area contributed by atoms with Gasteiger partial charge in [0, 0.05) is 18.4 Å². The van der Waals surface area contributed by atoms with Crippen LogP contribution in [0, 0.1) is 5.82 Å². The molecule has 8 heteroatoms. The van der Waals surface area contributed by atoms with Crippen molar-refractivity contribution in [1.82, 2.24) is 5.32 Å². The van der Waals surface area contributed by atoms with Crippen LogP contribution in [0.2, 0.25) is 0 Å². The summed E-state index contributed by atoms with van der Waals surface area (Å²) in [5, 5.41) is 14.0. The number of aromatic carboxylic acids is 1. The van der Waals surface area contributed by atoms with Crippen LogP contribution in [0.1, 0.15) is 47.2 Å². The topological polar surface area (TPSA) is 105 Å². The fraction of sp³-hybridized carbons (Fsp3) is 0.222. The van der Waals surface area contributed by atoms with E-state index in [1.165, 1.54) is 12.1 Å². The standard InChI is InChI=1S/C27H25FN2O5/c1-2-17(14-25(31)30-24-12-11-16(26(32)33)13-23(24)28)29-27(34)35-15-22-20-9-5-3-7-18(20)19-8-4-6-10-21(19)22/h3-13,17,22H,2,14-15H2,1H3,(H,29,34)(H,30,31)(H,32,33)/t17-/m0/s1. The number of rotatable bonds is 8. The highest BCUT2D eigenvalue weighted by Gasteiger charge is 2.29. The Labute approximate surface area is 201 Å². The third kappa shape index (κ3) is 5.32. The van der Waals surface area contributed by atoms with Gasteiger partial charge in [0.2, 0.25) is 5.91 Å². The molecule has 1 aliphatic carbocycles. The van der Waals surface area contributed by atoms with Crippen molar-refractivity contribution in [2.24, 2.45) is 0 Å². The first-order valence-electron chi connectivity index (χ1n) is 11.3. The van der Waals surface area contributed by atoms with Crippen LogP contribution >= 0.6 is 0 Å². The molecule has 3 aromatic carbocycles. The van der Waals surface area contributed by atoms with Crippen LogP contribution in [0.3, 0.4) is 0 Å². The highest BCUT2D eigenvalue weighted by atomic mass is 19.1. The summed E-state index contributed by atoms with van der Waals surface area (Å²) in [5.74, 6) is -2.71. The molecule has 7 nitrogen and oxygen atoms in total. The van der Waals surface area contributed by atoms with Gasteiger partial charge in [-0.1, -0.05) is 55.5 Å². The Bertz CT molecular complexity index is 1230. The van der Waals surface area contributed by atoms with Crippen LogP contribution in [0.4, 0.5) is 14.9 Å². The third-order valence-corrected chi connectivity index (χ3v) is 6.08. The number of nitrogens with one attached hydrogen (secondary N) is 2. The second kappa shape index (κ2) is 10.4. The number of carboxylic acid groups (broad SMARTS) is 1. The van der Waals surface area contributed by atoms with Gasteiger partial charge in [0.15, 0.2) is 0 Å². The van der Waals surface area contributed by atoms with Crippen molar-refractivity contribution in [2.75, 3.05) is 11.9 Å². The Morgan fingerprint density at radius 1 is 1.00 bits per heavy atom.